The van der Waals surface area contributed by atoms with Crippen LogP contribution in [0.2, 0.25) is 0 Å². The van der Waals surface area contributed by atoms with E-state index in [4.69, 9.17) is 0 Å². The number of nitrogens with zero attached hydrogens (tertiary/aromatic N) is 2. The van der Waals surface area contributed by atoms with Crippen molar-refractivity contribution < 1.29 is 9.18 Å². The minimum Gasteiger partial charge on any atom is -0.298 e. The molecule has 3 rings (SSSR count). The Morgan fingerprint density at radius 3 is 3.05 bits per heavy atom. The molecule has 2 atom stereocenters. The molecule has 0 spiro atoms. The van der Waals surface area contributed by atoms with Gasteiger partial charge in [0, 0.05) is 30.7 Å². The predicted octanol–water partition coefficient (Wildman–Crippen LogP) is 2.18. The zero-order valence-corrected chi connectivity index (χ0v) is 11.9. The zero-order chi connectivity index (χ0) is 14.1. The Balaban J connectivity index is 1.66. The summed E-state index contributed by atoms with van der Waals surface area (Å²) in [6.45, 7) is 5.77. The average Bonchev–Trinajstić information content (AvgIpc) is 2.86. The van der Waals surface area contributed by atoms with Crippen molar-refractivity contribution >= 4 is 5.78 Å². The molecule has 0 aromatic heterocycles. The average molecular weight is 276 g/mol. The van der Waals surface area contributed by atoms with Gasteiger partial charge in [-0.2, -0.15) is 0 Å². The lowest BCUT2D eigenvalue weighted by Gasteiger charge is -2.42. The molecule has 0 amide bonds. The van der Waals surface area contributed by atoms with E-state index in [1.165, 1.54) is 31.5 Å². The highest BCUT2D eigenvalue weighted by Crippen LogP contribution is 2.24. The third kappa shape index (κ3) is 2.76. The minimum absolute atomic E-state index is 0.0165. The second-order valence-corrected chi connectivity index (χ2v) is 6.00. The van der Waals surface area contributed by atoms with Crippen molar-refractivity contribution in [2.24, 2.45) is 0 Å². The van der Waals surface area contributed by atoms with Gasteiger partial charge in [0.2, 0.25) is 0 Å². The molecule has 108 valence electrons. The number of piperazine rings is 1. The van der Waals surface area contributed by atoms with Crippen LogP contribution in [0.4, 0.5) is 4.39 Å². The summed E-state index contributed by atoms with van der Waals surface area (Å²) in [4.78, 5) is 17.1. The molecule has 0 N–H and O–H groups in total. The summed E-state index contributed by atoms with van der Waals surface area (Å²) in [6.07, 6.45) is 2.50. The number of fused-ring (bicyclic) bond motifs is 1. The highest BCUT2D eigenvalue weighted by atomic mass is 19.1. The van der Waals surface area contributed by atoms with Crippen molar-refractivity contribution in [2.45, 2.75) is 31.8 Å². The van der Waals surface area contributed by atoms with Gasteiger partial charge in [-0.15, -0.1) is 0 Å². The van der Waals surface area contributed by atoms with Crippen LogP contribution in [0.1, 0.15) is 30.1 Å². The van der Waals surface area contributed by atoms with Crippen molar-refractivity contribution in [3.8, 4) is 0 Å². The topological polar surface area (TPSA) is 23.6 Å². The highest BCUT2D eigenvalue weighted by Gasteiger charge is 2.34. The van der Waals surface area contributed by atoms with Crippen LogP contribution in [0.25, 0.3) is 0 Å². The molecule has 0 bridgehead atoms. The first-order valence-corrected chi connectivity index (χ1v) is 7.40. The molecule has 3 nitrogen and oxygen atoms in total. The molecule has 0 radical (unpaired) electrons. The molecular weight excluding hydrogens is 255 g/mol. The monoisotopic (exact) mass is 276 g/mol. The lowest BCUT2D eigenvalue weighted by molar-refractivity contribution is 0.0535. The van der Waals surface area contributed by atoms with Crippen molar-refractivity contribution in [3.63, 3.8) is 0 Å². The predicted molar refractivity (Wildman–Crippen MR) is 76.4 cm³/mol. The fraction of sp³-hybridized carbons (Fsp3) is 0.562. The fourth-order valence-electron chi connectivity index (χ4n) is 3.41. The number of carbonyl (C=O) groups is 1. The van der Waals surface area contributed by atoms with Gasteiger partial charge in [-0.25, -0.2) is 4.39 Å². The smallest absolute Gasteiger partial charge is 0.176 e. The van der Waals surface area contributed by atoms with Gasteiger partial charge < -0.3 is 0 Å². The van der Waals surface area contributed by atoms with Gasteiger partial charge in [0.25, 0.3) is 0 Å². The number of ketones is 1. The summed E-state index contributed by atoms with van der Waals surface area (Å²) in [5, 5.41) is 0. The van der Waals surface area contributed by atoms with Crippen molar-refractivity contribution in [2.75, 3.05) is 26.2 Å². The van der Waals surface area contributed by atoms with Crippen LogP contribution >= 0.6 is 0 Å². The maximum atomic E-state index is 13.2. The standard InChI is InChI=1S/C16H21FN2O/c1-12-9-18-7-3-6-15(18)10-19(12)11-16(20)13-4-2-5-14(17)8-13/h2,4-5,8,12,15H,3,6-7,9-11H2,1H3. The van der Waals surface area contributed by atoms with Gasteiger partial charge in [-0.3, -0.25) is 14.6 Å². The highest BCUT2D eigenvalue weighted by molar-refractivity contribution is 5.97. The molecule has 1 aromatic carbocycles. The Morgan fingerprint density at radius 2 is 2.25 bits per heavy atom. The lowest BCUT2D eigenvalue weighted by atomic mass is 10.1. The molecule has 2 saturated heterocycles. The number of rotatable bonds is 3. The Labute approximate surface area is 119 Å². The first kappa shape index (κ1) is 13.7. The molecule has 2 heterocycles. The van der Waals surface area contributed by atoms with Gasteiger partial charge in [0.15, 0.2) is 5.78 Å². The van der Waals surface area contributed by atoms with Crippen molar-refractivity contribution in [1.82, 2.24) is 9.80 Å². The van der Waals surface area contributed by atoms with Gasteiger partial charge in [-0.05, 0) is 38.4 Å². The Hall–Kier alpha value is -1.26. The summed E-state index contributed by atoms with van der Waals surface area (Å²) < 4.78 is 13.2. The van der Waals surface area contributed by atoms with Crippen LogP contribution in [-0.4, -0.2) is 53.8 Å². The van der Waals surface area contributed by atoms with E-state index < -0.39 is 0 Å². The maximum absolute atomic E-state index is 13.2. The second kappa shape index (κ2) is 5.62. The molecule has 2 aliphatic rings. The lowest BCUT2D eigenvalue weighted by Crippen LogP contribution is -2.55. The Morgan fingerprint density at radius 1 is 1.40 bits per heavy atom. The molecule has 0 saturated carbocycles. The number of benzene rings is 1. The third-order valence-electron chi connectivity index (χ3n) is 4.56. The summed E-state index contributed by atoms with van der Waals surface area (Å²) in [6, 6.07) is 6.99. The van der Waals surface area contributed by atoms with Crippen LogP contribution < -0.4 is 0 Å². The summed E-state index contributed by atoms with van der Waals surface area (Å²) in [5.74, 6) is -0.327. The van der Waals surface area contributed by atoms with E-state index in [2.05, 4.69) is 16.7 Å². The van der Waals surface area contributed by atoms with Gasteiger partial charge in [-0.1, -0.05) is 12.1 Å². The van der Waals surface area contributed by atoms with Crippen LogP contribution in [0.15, 0.2) is 24.3 Å². The van der Waals surface area contributed by atoms with Crippen LogP contribution in [0, 0.1) is 5.82 Å². The summed E-state index contributed by atoms with van der Waals surface area (Å²) in [7, 11) is 0. The van der Waals surface area contributed by atoms with E-state index >= 15 is 0 Å². The van der Waals surface area contributed by atoms with Gasteiger partial charge in [0.1, 0.15) is 5.82 Å². The zero-order valence-electron chi connectivity index (χ0n) is 11.9. The molecule has 4 heteroatoms. The van der Waals surface area contributed by atoms with E-state index in [1.54, 1.807) is 12.1 Å². The Bertz CT molecular complexity index is 505. The van der Waals surface area contributed by atoms with Crippen LogP contribution in [0.3, 0.4) is 0 Å². The second-order valence-electron chi connectivity index (χ2n) is 6.00. The number of halogens is 1. The molecule has 0 aliphatic carbocycles. The molecule has 2 aliphatic heterocycles. The number of hydrogen-bond acceptors (Lipinski definition) is 3. The first-order chi connectivity index (χ1) is 9.63. The van der Waals surface area contributed by atoms with E-state index in [0.29, 0.717) is 24.2 Å². The third-order valence-corrected chi connectivity index (χ3v) is 4.56. The maximum Gasteiger partial charge on any atom is 0.176 e. The molecular formula is C16H21FN2O. The molecule has 20 heavy (non-hydrogen) atoms. The van der Waals surface area contributed by atoms with Crippen LogP contribution in [0.5, 0.6) is 0 Å². The van der Waals surface area contributed by atoms with E-state index in [-0.39, 0.29) is 11.6 Å². The number of Topliss-reactive ketones (excluding diaryl/α,β-unsaturated/α-hetero) is 1. The molecule has 2 fully saturated rings. The number of hydrogen-bond donors (Lipinski definition) is 0. The minimum atomic E-state index is -0.343. The quantitative estimate of drug-likeness (QED) is 0.791. The van der Waals surface area contributed by atoms with Crippen LogP contribution in [-0.2, 0) is 0 Å². The van der Waals surface area contributed by atoms with E-state index in [0.717, 1.165) is 13.1 Å². The largest absolute Gasteiger partial charge is 0.298 e. The molecule has 1 aromatic rings. The SMILES string of the molecule is CC1CN2CCCC2CN1CC(=O)c1cccc(F)c1. The Kier molecular flexibility index (Phi) is 3.85. The first-order valence-electron chi connectivity index (χ1n) is 7.40. The van der Waals surface area contributed by atoms with Crippen molar-refractivity contribution in [1.29, 1.82) is 0 Å². The summed E-state index contributed by atoms with van der Waals surface area (Å²) in [5.41, 5.74) is 0.478. The van der Waals surface area contributed by atoms with E-state index in [1.807, 2.05) is 0 Å². The summed E-state index contributed by atoms with van der Waals surface area (Å²) >= 11 is 0. The van der Waals surface area contributed by atoms with Gasteiger partial charge >= 0.3 is 0 Å². The molecule has 2 unspecified atom stereocenters. The fourth-order valence-corrected chi connectivity index (χ4v) is 3.41. The van der Waals surface area contributed by atoms with E-state index in [9.17, 15) is 9.18 Å². The number of carbonyl (C=O) groups excluding carboxylic acids is 1. The van der Waals surface area contributed by atoms with Crippen molar-refractivity contribution in [3.05, 3.63) is 35.6 Å². The normalized spacial score (nSPS) is 27.5. The van der Waals surface area contributed by atoms with Gasteiger partial charge in [0.05, 0.1) is 6.54 Å².